The molecule has 4 nitrogen and oxygen atoms in total. The topological polar surface area (TPSA) is 47.9 Å². The van der Waals surface area contributed by atoms with E-state index in [1.54, 1.807) is 13.8 Å². The smallest absolute Gasteiger partial charge is 0.183 e. The molecular formula is C10H16BO4PS. The van der Waals surface area contributed by atoms with Crippen LogP contribution in [-0.4, -0.2) is 49.8 Å². The Morgan fingerprint density at radius 1 is 1.47 bits per heavy atom. The van der Waals surface area contributed by atoms with Crippen molar-refractivity contribution in [2.45, 2.75) is 42.6 Å². The molecule has 3 fully saturated rings. The van der Waals surface area contributed by atoms with Gasteiger partial charge in [0.15, 0.2) is 6.49 Å². The van der Waals surface area contributed by atoms with Crippen LogP contribution in [0.3, 0.4) is 0 Å². The van der Waals surface area contributed by atoms with Crippen LogP contribution in [0.4, 0.5) is 0 Å². The van der Waals surface area contributed by atoms with E-state index in [2.05, 4.69) is 0 Å². The largest absolute Gasteiger partial charge is 0.379 e. The average molecular weight is 274 g/mol. The minimum Gasteiger partial charge on any atom is -0.379 e. The van der Waals surface area contributed by atoms with Gasteiger partial charge in [0.05, 0.1) is 0 Å². The summed E-state index contributed by atoms with van der Waals surface area (Å²) in [4.78, 5) is 9.83. The second kappa shape index (κ2) is 3.56. The molecule has 1 aliphatic heterocycles. The molecule has 0 aromatic heterocycles. The van der Waals surface area contributed by atoms with Crippen LogP contribution in [0.5, 0.6) is 0 Å². The van der Waals surface area contributed by atoms with Crippen molar-refractivity contribution < 1.29 is 18.9 Å². The molecule has 1 saturated heterocycles. The number of methoxy groups -OCH3 is 1. The highest BCUT2D eigenvalue weighted by atomic mass is 32.5. The predicted molar refractivity (Wildman–Crippen MR) is 67.7 cm³/mol. The predicted octanol–water partition coefficient (Wildman–Crippen LogP) is 0.766. The Bertz CT molecular complexity index is 398. The van der Waals surface area contributed by atoms with Gasteiger partial charge in [0, 0.05) is 19.8 Å². The van der Waals surface area contributed by atoms with Crippen LogP contribution in [0.25, 0.3) is 0 Å². The maximum absolute atomic E-state index is 9.83. The molecule has 1 heterocycles. The van der Waals surface area contributed by atoms with Gasteiger partial charge in [-0.25, -0.2) is 0 Å². The van der Waals surface area contributed by atoms with Crippen molar-refractivity contribution in [3.05, 3.63) is 0 Å². The Hall–Kier alpha value is 0.555. The standard InChI is InChI=1S/C10H16BO4PS/c1-13-10-4-6(10)3-9(15-16(2,12)17)5-7(11)14-8(9)10/h6-8H,3-5H2,1-2H3,(H,12,17)/t6?,7-,8?,9?,10-,16?/m1/s1. The molecule has 4 unspecified atom stereocenters. The van der Waals surface area contributed by atoms with Crippen molar-refractivity contribution in [1.82, 2.24) is 0 Å². The SMILES string of the molecule is [B][C@H]1CC2(OP(C)(O)=S)CC3C[C@]3(OC)C2O1. The second-order valence-electron chi connectivity index (χ2n) is 5.48. The fourth-order valence-electron chi connectivity index (χ4n) is 3.67. The molecule has 0 amide bonds. The molecule has 0 aromatic rings. The van der Waals surface area contributed by atoms with Gasteiger partial charge in [0.25, 0.3) is 0 Å². The zero-order valence-corrected chi connectivity index (χ0v) is 11.7. The van der Waals surface area contributed by atoms with E-state index in [0.29, 0.717) is 12.3 Å². The van der Waals surface area contributed by atoms with Gasteiger partial charge in [-0.3, -0.25) is 0 Å². The summed E-state index contributed by atoms with van der Waals surface area (Å²) in [6.07, 6.45) is 2.22. The molecule has 3 aliphatic rings. The molecule has 0 aromatic carbocycles. The molecule has 2 radical (unpaired) electrons. The Balaban J connectivity index is 1.91. The summed E-state index contributed by atoms with van der Waals surface area (Å²) in [5, 5.41) is 0. The molecule has 3 rings (SSSR count). The zero-order valence-electron chi connectivity index (χ0n) is 9.96. The van der Waals surface area contributed by atoms with E-state index in [9.17, 15) is 4.89 Å². The van der Waals surface area contributed by atoms with E-state index in [1.165, 1.54) is 0 Å². The molecule has 1 N–H and O–H groups in total. The van der Waals surface area contributed by atoms with Gasteiger partial charge >= 0.3 is 0 Å². The van der Waals surface area contributed by atoms with Crippen molar-refractivity contribution >= 4 is 26.1 Å². The van der Waals surface area contributed by atoms with E-state index in [-0.39, 0.29) is 17.7 Å². The Morgan fingerprint density at radius 3 is 2.76 bits per heavy atom. The van der Waals surface area contributed by atoms with Crippen molar-refractivity contribution in [1.29, 1.82) is 0 Å². The maximum Gasteiger partial charge on any atom is 0.183 e. The van der Waals surface area contributed by atoms with Crippen LogP contribution in [-0.2, 0) is 25.8 Å². The van der Waals surface area contributed by atoms with Gasteiger partial charge in [-0.2, -0.15) is 0 Å². The molecule has 94 valence electrons. The molecule has 2 aliphatic carbocycles. The molecule has 2 saturated carbocycles. The lowest BCUT2D eigenvalue weighted by Gasteiger charge is -2.34. The van der Waals surface area contributed by atoms with Crippen LogP contribution in [0.1, 0.15) is 19.3 Å². The molecule has 6 atom stereocenters. The highest BCUT2D eigenvalue weighted by Gasteiger charge is 2.76. The first-order valence-corrected chi connectivity index (χ1v) is 8.91. The third-order valence-corrected chi connectivity index (χ3v) is 5.12. The first-order valence-electron chi connectivity index (χ1n) is 5.79. The van der Waals surface area contributed by atoms with E-state index < -0.39 is 12.1 Å². The van der Waals surface area contributed by atoms with E-state index in [0.717, 1.165) is 12.8 Å². The van der Waals surface area contributed by atoms with Crippen LogP contribution in [0, 0.1) is 5.92 Å². The molecule has 7 heteroatoms. The monoisotopic (exact) mass is 274 g/mol. The van der Waals surface area contributed by atoms with Crippen molar-refractivity contribution in [3.63, 3.8) is 0 Å². The lowest BCUT2D eigenvalue weighted by Crippen LogP contribution is -2.44. The Labute approximate surface area is 108 Å². The lowest BCUT2D eigenvalue weighted by molar-refractivity contribution is -0.0919. The van der Waals surface area contributed by atoms with Gasteiger partial charge < -0.3 is 18.9 Å². The number of rotatable bonds is 3. The van der Waals surface area contributed by atoms with E-state index in [1.807, 2.05) is 0 Å². The van der Waals surface area contributed by atoms with Gasteiger partial charge in [-0.15, -0.1) is 0 Å². The fourth-order valence-corrected chi connectivity index (χ4v) is 5.04. The quantitative estimate of drug-likeness (QED) is 0.608. The van der Waals surface area contributed by atoms with Gasteiger partial charge in [0.1, 0.15) is 25.2 Å². The Kier molecular flexibility index (Phi) is 2.63. The number of hydrogen-bond donors (Lipinski definition) is 1. The third kappa shape index (κ3) is 1.77. The molecule has 0 spiro atoms. The van der Waals surface area contributed by atoms with Gasteiger partial charge in [0.2, 0.25) is 0 Å². The van der Waals surface area contributed by atoms with Gasteiger partial charge in [-0.1, -0.05) is 0 Å². The second-order valence-corrected chi connectivity index (χ2v) is 9.30. The summed E-state index contributed by atoms with van der Waals surface area (Å²) in [6, 6.07) is -0.352. The maximum atomic E-state index is 9.83. The molecule has 0 bridgehead atoms. The highest BCUT2D eigenvalue weighted by molar-refractivity contribution is 8.09. The minimum absolute atomic E-state index is 0.186. The third-order valence-electron chi connectivity index (χ3n) is 4.20. The normalized spacial score (nSPS) is 55.1. The summed E-state index contributed by atoms with van der Waals surface area (Å²) >= 11 is 5.01. The van der Waals surface area contributed by atoms with Crippen molar-refractivity contribution in [3.8, 4) is 0 Å². The van der Waals surface area contributed by atoms with E-state index in [4.69, 9.17) is 33.7 Å². The summed E-state index contributed by atoms with van der Waals surface area (Å²) < 4.78 is 17.2. The summed E-state index contributed by atoms with van der Waals surface area (Å²) in [7, 11) is 7.56. The minimum atomic E-state index is -2.72. The van der Waals surface area contributed by atoms with Crippen molar-refractivity contribution in [2.24, 2.45) is 5.92 Å². The van der Waals surface area contributed by atoms with Crippen LogP contribution >= 0.6 is 6.49 Å². The number of ether oxygens (including phenoxy) is 2. The lowest BCUT2D eigenvalue weighted by atomic mass is 9.86. The first kappa shape index (κ1) is 12.6. The number of hydrogen-bond acceptors (Lipinski definition) is 4. The number of fused-ring (bicyclic) bond motifs is 3. The van der Waals surface area contributed by atoms with Gasteiger partial charge in [-0.05, 0) is 37.0 Å². The zero-order chi connectivity index (χ0) is 12.5. The van der Waals surface area contributed by atoms with Crippen LogP contribution < -0.4 is 0 Å². The molecule has 17 heavy (non-hydrogen) atoms. The molecular weight excluding hydrogens is 258 g/mol. The highest BCUT2D eigenvalue weighted by Crippen LogP contribution is 2.69. The summed E-state index contributed by atoms with van der Waals surface area (Å²) in [6.45, 7) is -1.15. The average Bonchev–Trinajstić information content (AvgIpc) is 2.66. The Morgan fingerprint density at radius 2 is 2.18 bits per heavy atom. The summed E-state index contributed by atoms with van der Waals surface area (Å²) in [5.74, 6) is 0.451. The van der Waals surface area contributed by atoms with Crippen LogP contribution in [0.15, 0.2) is 0 Å². The fraction of sp³-hybridized carbons (Fsp3) is 1.00. The van der Waals surface area contributed by atoms with E-state index >= 15 is 0 Å². The first-order chi connectivity index (χ1) is 7.81. The van der Waals surface area contributed by atoms with Crippen LogP contribution in [0.2, 0.25) is 0 Å². The van der Waals surface area contributed by atoms with Crippen molar-refractivity contribution in [2.75, 3.05) is 13.8 Å². The summed E-state index contributed by atoms with van der Waals surface area (Å²) in [5.41, 5.74) is -0.782.